The van der Waals surface area contributed by atoms with Gasteiger partial charge in [0.15, 0.2) is 5.16 Å². The van der Waals surface area contributed by atoms with Gasteiger partial charge in [-0.05, 0) is 37.1 Å². The molecule has 7 nitrogen and oxygen atoms in total. The van der Waals surface area contributed by atoms with Gasteiger partial charge in [-0.2, -0.15) is 0 Å². The van der Waals surface area contributed by atoms with E-state index in [0.717, 1.165) is 34.7 Å². The van der Waals surface area contributed by atoms with Crippen LogP contribution in [0.1, 0.15) is 17.8 Å². The second-order valence-corrected chi connectivity index (χ2v) is 9.66. The summed E-state index contributed by atoms with van der Waals surface area (Å²) in [5.74, 6) is 0.0432. The topological polar surface area (TPSA) is 86.1 Å². The summed E-state index contributed by atoms with van der Waals surface area (Å²) >= 11 is 2.85. The van der Waals surface area contributed by atoms with Crippen LogP contribution < -0.4 is 10.9 Å². The predicted octanol–water partition coefficient (Wildman–Crippen LogP) is 3.59. The van der Waals surface area contributed by atoms with E-state index in [2.05, 4.69) is 15.3 Å². The first kappa shape index (κ1) is 21.1. The van der Waals surface area contributed by atoms with Gasteiger partial charge in [0, 0.05) is 6.61 Å². The standard InChI is InChI=1S/C23H22N4O3S2/c28-20(24-12-21-25-18-9-3-4-10-19(18)32-21)14-31-23-26-17-8-2-1-7-16(17)22(29)27(23)13-15-6-5-11-30-15/h1-4,7-10,15H,5-6,11-14H2,(H,24,28)/t15-/m0/s1. The Kier molecular flexibility index (Phi) is 6.20. The van der Waals surface area contributed by atoms with E-state index in [1.165, 1.54) is 11.8 Å². The number of hydrogen-bond donors (Lipinski definition) is 1. The SMILES string of the molecule is O=C(CSc1nc2ccccc2c(=O)n1C[C@@H]1CCCO1)NCc1nc2ccccc2s1. The van der Waals surface area contributed by atoms with Crippen molar-refractivity contribution in [1.29, 1.82) is 0 Å². The minimum atomic E-state index is -0.125. The van der Waals surface area contributed by atoms with Crippen LogP contribution in [0, 0.1) is 0 Å². The molecule has 0 spiro atoms. The molecule has 9 heteroatoms. The molecule has 3 heterocycles. The lowest BCUT2D eigenvalue weighted by atomic mass is 10.2. The van der Waals surface area contributed by atoms with E-state index in [4.69, 9.17) is 4.74 Å². The van der Waals surface area contributed by atoms with Crippen LogP contribution in [0.3, 0.4) is 0 Å². The molecule has 5 rings (SSSR count). The second-order valence-electron chi connectivity index (χ2n) is 7.60. The molecule has 0 saturated carbocycles. The number of thiazole rings is 1. The van der Waals surface area contributed by atoms with Gasteiger partial charge in [-0.1, -0.05) is 36.0 Å². The van der Waals surface area contributed by atoms with Crippen LogP contribution in [-0.4, -0.2) is 38.9 Å². The van der Waals surface area contributed by atoms with Crippen molar-refractivity contribution in [2.24, 2.45) is 0 Å². The summed E-state index contributed by atoms with van der Waals surface area (Å²) in [5.41, 5.74) is 1.48. The highest BCUT2D eigenvalue weighted by molar-refractivity contribution is 7.99. The molecule has 0 unspecified atom stereocenters. The van der Waals surface area contributed by atoms with Crippen molar-refractivity contribution >= 4 is 50.1 Å². The molecule has 4 aromatic rings. The summed E-state index contributed by atoms with van der Waals surface area (Å²) in [6.07, 6.45) is 1.92. The van der Waals surface area contributed by atoms with Crippen molar-refractivity contribution in [3.63, 3.8) is 0 Å². The van der Waals surface area contributed by atoms with Crippen molar-refractivity contribution in [2.45, 2.75) is 37.2 Å². The molecule has 1 N–H and O–H groups in total. The minimum absolute atomic E-state index is 0.00266. The lowest BCUT2D eigenvalue weighted by Crippen LogP contribution is -2.30. The summed E-state index contributed by atoms with van der Waals surface area (Å²) in [4.78, 5) is 34.9. The number of thioether (sulfide) groups is 1. The zero-order valence-electron chi connectivity index (χ0n) is 17.3. The Morgan fingerprint density at radius 1 is 1.16 bits per heavy atom. The fraction of sp³-hybridized carbons (Fsp3) is 0.304. The maximum absolute atomic E-state index is 13.1. The van der Waals surface area contributed by atoms with Gasteiger partial charge in [0.2, 0.25) is 5.91 Å². The van der Waals surface area contributed by atoms with E-state index in [9.17, 15) is 9.59 Å². The summed E-state index contributed by atoms with van der Waals surface area (Å²) in [6.45, 7) is 1.55. The summed E-state index contributed by atoms with van der Waals surface area (Å²) in [7, 11) is 0. The van der Waals surface area contributed by atoms with Crippen LogP contribution in [0.4, 0.5) is 0 Å². The average Bonchev–Trinajstić information content (AvgIpc) is 3.48. The van der Waals surface area contributed by atoms with Crippen LogP contribution in [0.2, 0.25) is 0 Å². The number of rotatable bonds is 7. The largest absolute Gasteiger partial charge is 0.376 e. The smallest absolute Gasteiger partial charge is 0.262 e. The zero-order valence-corrected chi connectivity index (χ0v) is 19.0. The van der Waals surface area contributed by atoms with Crippen LogP contribution >= 0.6 is 23.1 Å². The number of ether oxygens (including phenoxy) is 1. The zero-order chi connectivity index (χ0) is 21.9. The molecule has 1 fully saturated rings. The van der Waals surface area contributed by atoms with Crippen molar-refractivity contribution in [3.8, 4) is 0 Å². The number of carbonyl (C=O) groups is 1. The van der Waals surface area contributed by atoms with E-state index >= 15 is 0 Å². The quantitative estimate of drug-likeness (QED) is 0.331. The normalized spacial score (nSPS) is 16.1. The number of amides is 1. The van der Waals surface area contributed by atoms with Gasteiger partial charge in [0.25, 0.3) is 5.56 Å². The molecule has 32 heavy (non-hydrogen) atoms. The number of hydrogen-bond acceptors (Lipinski definition) is 7. The van der Waals surface area contributed by atoms with E-state index in [1.54, 1.807) is 22.0 Å². The number of fused-ring (bicyclic) bond motifs is 2. The highest BCUT2D eigenvalue weighted by atomic mass is 32.2. The van der Waals surface area contributed by atoms with Crippen LogP contribution in [0.15, 0.2) is 58.5 Å². The highest BCUT2D eigenvalue weighted by Crippen LogP contribution is 2.22. The highest BCUT2D eigenvalue weighted by Gasteiger charge is 2.20. The van der Waals surface area contributed by atoms with Gasteiger partial charge in [-0.15, -0.1) is 11.3 Å². The summed E-state index contributed by atoms with van der Waals surface area (Å²) in [5, 5.41) is 4.91. The van der Waals surface area contributed by atoms with E-state index in [1.807, 2.05) is 42.5 Å². The fourth-order valence-electron chi connectivity index (χ4n) is 3.76. The van der Waals surface area contributed by atoms with Crippen molar-refractivity contribution in [1.82, 2.24) is 19.9 Å². The Morgan fingerprint density at radius 2 is 1.97 bits per heavy atom. The van der Waals surface area contributed by atoms with Crippen LogP contribution in [-0.2, 0) is 22.6 Å². The molecule has 1 aliphatic rings. The Labute approximate surface area is 192 Å². The van der Waals surface area contributed by atoms with Gasteiger partial charge in [-0.25, -0.2) is 9.97 Å². The number of nitrogens with zero attached hydrogens (tertiary/aromatic N) is 3. The third-order valence-electron chi connectivity index (χ3n) is 5.34. The van der Waals surface area contributed by atoms with Crippen LogP contribution in [0.25, 0.3) is 21.1 Å². The second kappa shape index (κ2) is 9.40. The number of nitrogens with one attached hydrogen (secondary N) is 1. The summed E-state index contributed by atoms with van der Waals surface area (Å²) in [6, 6.07) is 15.2. The molecule has 2 aromatic heterocycles. The molecule has 0 radical (unpaired) electrons. The Hall–Kier alpha value is -2.75. The first-order chi connectivity index (χ1) is 15.7. The Balaban J connectivity index is 1.30. The molecule has 1 saturated heterocycles. The molecule has 1 amide bonds. The van der Waals surface area contributed by atoms with Crippen molar-refractivity contribution in [2.75, 3.05) is 12.4 Å². The molecule has 1 atom stereocenters. The molecule has 1 aliphatic heterocycles. The maximum atomic E-state index is 13.1. The Morgan fingerprint density at radius 3 is 2.78 bits per heavy atom. The summed E-state index contributed by atoms with van der Waals surface area (Å²) < 4.78 is 8.49. The van der Waals surface area contributed by atoms with Crippen molar-refractivity contribution in [3.05, 3.63) is 63.9 Å². The number of carbonyl (C=O) groups excluding carboxylic acids is 1. The number of aromatic nitrogens is 3. The minimum Gasteiger partial charge on any atom is -0.376 e. The van der Waals surface area contributed by atoms with Crippen LogP contribution in [0.5, 0.6) is 0 Å². The molecule has 0 aliphatic carbocycles. The average molecular weight is 467 g/mol. The van der Waals surface area contributed by atoms with Crippen molar-refractivity contribution < 1.29 is 9.53 Å². The van der Waals surface area contributed by atoms with Gasteiger partial charge < -0.3 is 10.1 Å². The molecule has 164 valence electrons. The van der Waals surface area contributed by atoms with Gasteiger partial charge in [0.05, 0.1) is 46.1 Å². The molecule has 0 bridgehead atoms. The van der Waals surface area contributed by atoms with E-state index in [0.29, 0.717) is 29.1 Å². The van der Waals surface area contributed by atoms with Gasteiger partial charge in [-0.3, -0.25) is 14.2 Å². The van der Waals surface area contributed by atoms with E-state index in [-0.39, 0.29) is 23.3 Å². The first-order valence-electron chi connectivity index (χ1n) is 10.5. The Bertz CT molecular complexity index is 1290. The molecule has 2 aromatic carbocycles. The molecular weight excluding hydrogens is 444 g/mol. The van der Waals surface area contributed by atoms with Gasteiger partial charge >= 0.3 is 0 Å². The maximum Gasteiger partial charge on any atom is 0.262 e. The lowest BCUT2D eigenvalue weighted by Gasteiger charge is -2.16. The third-order valence-corrected chi connectivity index (χ3v) is 7.36. The first-order valence-corrected chi connectivity index (χ1v) is 12.3. The number of benzene rings is 2. The number of para-hydroxylation sites is 2. The predicted molar refractivity (Wildman–Crippen MR) is 127 cm³/mol. The van der Waals surface area contributed by atoms with Gasteiger partial charge in [0.1, 0.15) is 5.01 Å². The van der Waals surface area contributed by atoms with E-state index < -0.39 is 0 Å². The third kappa shape index (κ3) is 4.55. The molecular formula is C23H22N4O3S2. The lowest BCUT2D eigenvalue weighted by molar-refractivity contribution is -0.118. The monoisotopic (exact) mass is 466 g/mol. The fourth-order valence-corrected chi connectivity index (χ4v) is 5.51.